The number of rotatable bonds is 9. The number of ether oxygens (including phenoxy) is 2. The standard InChI is InChI=1S/C33H38NO7P/c1-22-27(34)17-19-32-26-11-6-12-29(38-2)30(26)40-31(32)28(35)18-20-33(22,32)41-42(36,37)39-21-7-8-23-13-15-25(16-14-23)24-9-4-3-5-10-24/h3-6,9-16,22,27,31H,7-8,17-21,34H2,1-2H3,(H,36,37). The molecule has 3 aromatic carbocycles. The summed E-state index contributed by atoms with van der Waals surface area (Å²) in [6, 6.07) is 23.7. The first-order chi connectivity index (χ1) is 20.2. The van der Waals surface area contributed by atoms with Crippen molar-refractivity contribution in [3.8, 4) is 22.6 Å². The summed E-state index contributed by atoms with van der Waals surface area (Å²) in [7, 11) is -3.00. The van der Waals surface area contributed by atoms with Crippen molar-refractivity contribution in [3.63, 3.8) is 0 Å². The SMILES string of the molecule is COc1cccc2c1OC1C(=O)CCC3(OP(=O)(O)OCCCc4ccc(-c5ccccc5)cc4)C(C)C(N)CCC213. The molecule has 222 valence electrons. The van der Waals surface area contributed by atoms with Crippen molar-refractivity contribution < 1.29 is 32.8 Å². The van der Waals surface area contributed by atoms with Crippen LogP contribution in [-0.2, 0) is 30.2 Å². The van der Waals surface area contributed by atoms with Crippen LogP contribution in [0.4, 0.5) is 0 Å². The zero-order valence-corrected chi connectivity index (χ0v) is 24.9. The lowest BCUT2D eigenvalue weighted by Gasteiger charge is -2.59. The molecule has 6 unspecified atom stereocenters. The molecule has 3 aromatic rings. The van der Waals surface area contributed by atoms with Crippen LogP contribution in [0.3, 0.4) is 0 Å². The summed E-state index contributed by atoms with van der Waals surface area (Å²) < 4.78 is 37.3. The quantitative estimate of drug-likeness (QED) is 0.230. The van der Waals surface area contributed by atoms with Gasteiger partial charge in [-0.2, -0.15) is 0 Å². The molecule has 0 radical (unpaired) electrons. The number of carbonyl (C=O) groups excluding carboxylic acids is 1. The van der Waals surface area contributed by atoms with Crippen LogP contribution in [0.1, 0.15) is 50.2 Å². The van der Waals surface area contributed by atoms with E-state index in [-0.39, 0.29) is 37.2 Å². The summed E-state index contributed by atoms with van der Waals surface area (Å²) in [5.74, 6) is 0.612. The highest BCUT2D eigenvalue weighted by atomic mass is 31.2. The molecule has 3 N–H and O–H groups in total. The van der Waals surface area contributed by atoms with Crippen LogP contribution >= 0.6 is 7.82 Å². The molecule has 9 heteroatoms. The molecule has 6 rings (SSSR count). The van der Waals surface area contributed by atoms with E-state index >= 15 is 0 Å². The molecule has 1 heterocycles. The molecule has 2 fully saturated rings. The van der Waals surface area contributed by atoms with Crippen LogP contribution in [0.2, 0.25) is 0 Å². The molecule has 0 amide bonds. The second-order valence-corrected chi connectivity index (χ2v) is 13.1. The normalized spacial score (nSPS) is 29.5. The van der Waals surface area contributed by atoms with Crippen LogP contribution in [0.25, 0.3) is 11.1 Å². The Labute approximate surface area is 246 Å². The molecule has 1 aliphatic heterocycles. The van der Waals surface area contributed by atoms with Gasteiger partial charge in [0.2, 0.25) is 0 Å². The molecule has 3 aliphatic rings. The van der Waals surface area contributed by atoms with Gasteiger partial charge < -0.3 is 20.1 Å². The average Bonchev–Trinajstić information content (AvgIpc) is 3.36. The fraction of sp³-hybridized carbons (Fsp3) is 0.424. The molecule has 6 atom stereocenters. The highest BCUT2D eigenvalue weighted by Gasteiger charge is 2.72. The summed E-state index contributed by atoms with van der Waals surface area (Å²) in [5, 5.41) is 0. The Morgan fingerprint density at radius 3 is 2.50 bits per heavy atom. The molecule has 0 bridgehead atoms. The molecule has 42 heavy (non-hydrogen) atoms. The smallest absolute Gasteiger partial charge is 0.472 e. The summed E-state index contributed by atoms with van der Waals surface area (Å²) in [6.07, 6.45) is 1.87. The summed E-state index contributed by atoms with van der Waals surface area (Å²) in [4.78, 5) is 24.4. The maximum atomic E-state index is 13.6. The van der Waals surface area contributed by atoms with E-state index in [4.69, 9.17) is 24.3 Å². The minimum Gasteiger partial charge on any atom is -0.493 e. The number of nitrogens with two attached hydrogens (primary N) is 1. The Balaban J connectivity index is 1.20. The van der Waals surface area contributed by atoms with Crippen LogP contribution < -0.4 is 15.2 Å². The van der Waals surface area contributed by atoms with Crippen molar-refractivity contribution in [1.29, 1.82) is 0 Å². The Morgan fingerprint density at radius 2 is 1.76 bits per heavy atom. The number of hydrogen-bond donors (Lipinski definition) is 2. The first kappa shape index (κ1) is 29.1. The number of carbonyl (C=O) groups is 1. The Hall–Kier alpha value is -3.00. The topological polar surface area (TPSA) is 117 Å². The van der Waals surface area contributed by atoms with Crippen LogP contribution in [0.15, 0.2) is 72.8 Å². The molecule has 2 aliphatic carbocycles. The molecule has 0 saturated heterocycles. The second-order valence-electron chi connectivity index (χ2n) is 11.7. The zero-order valence-electron chi connectivity index (χ0n) is 24.0. The van der Waals surface area contributed by atoms with Crippen molar-refractivity contribution >= 4 is 13.6 Å². The number of benzene rings is 3. The van der Waals surface area contributed by atoms with E-state index in [1.807, 2.05) is 37.3 Å². The van der Waals surface area contributed by atoms with Gasteiger partial charge in [-0.25, -0.2) is 4.57 Å². The fourth-order valence-corrected chi connectivity index (χ4v) is 8.70. The molecule has 0 aromatic heterocycles. The number of Topliss-reactive ketones (excluding diaryl/α,β-unsaturated/α-hetero) is 1. The van der Waals surface area contributed by atoms with Crippen molar-refractivity contribution in [2.45, 2.75) is 68.6 Å². The lowest BCUT2D eigenvalue weighted by atomic mass is 9.49. The molecule has 1 spiro atoms. The number of methoxy groups -OCH3 is 1. The second kappa shape index (κ2) is 11.3. The van der Waals surface area contributed by atoms with Gasteiger partial charge in [-0.3, -0.25) is 13.8 Å². The third kappa shape index (κ3) is 4.80. The lowest BCUT2D eigenvalue weighted by molar-refractivity contribution is -0.169. The largest absolute Gasteiger partial charge is 0.493 e. The van der Waals surface area contributed by atoms with Crippen LogP contribution in [0.5, 0.6) is 11.5 Å². The van der Waals surface area contributed by atoms with Crippen molar-refractivity contribution in [3.05, 3.63) is 83.9 Å². The average molecular weight is 592 g/mol. The van der Waals surface area contributed by atoms with Gasteiger partial charge in [0.15, 0.2) is 23.4 Å². The molecular weight excluding hydrogens is 553 g/mol. The van der Waals surface area contributed by atoms with Crippen molar-refractivity contribution in [1.82, 2.24) is 0 Å². The third-order valence-corrected chi connectivity index (χ3v) is 10.7. The van der Waals surface area contributed by atoms with E-state index in [1.165, 1.54) is 0 Å². The van der Waals surface area contributed by atoms with E-state index in [1.54, 1.807) is 13.2 Å². The minimum atomic E-state index is -4.55. The molecule has 8 nitrogen and oxygen atoms in total. The van der Waals surface area contributed by atoms with Crippen molar-refractivity contribution in [2.75, 3.05) is 13.7 Å². The lowest BCUT2D eigenvalue weighted by Crippen LogP contribution is -2.71. The van der Waals surface area contributed by atoms with Gasteiger partial charge in [0.25, 0.3) is 0 Å². The van der Waals surface area contributed by atoms with Crippen LogP contribution in [-0.4, -0.2) is 42.1 Å². The van der Waals surface area contributed by atoms with Gasteiger partial charge in [-0.1, -0.05) is 73.7 Å². The predicted molar refractivity (Wildman–Crippen MR) is 159 cm³/mol. The van der Waals surface area contributed by atoms with E-state index in [0.29, 0.717) is 37.2 Å². The molecular formula is C33H38NO7P. The number of phosphoric acid groups is 1. The highest BCUT2D eigenvalue weighted by Crippen LogP contribution is 2.67. The van der Waals surface area contributed by atoms with E-state index in [9.17, 15) is 14.3 Å². The van der Waals surface area contributed by atoms with Gasteiger partial charge in [0.05, 0.1) is 24.7 Å². The number of ketones is 1. The summed E-state index contributed by atoms with van der Waals surface area (Å²) in [6.45, 7) is 1.98. The third-order valence-electron chi connectivity index (χ3n) is 9.61. The fourth-order valence-electron chi connectivity index (χ4n) is 7.46. The highest BCUT2D eigenvalue weighted by molar-refractivity contribution is 7.47. The monoisotopic (exact) mass is 591 g/mol. The van der Waals surface area contributed by atoms with Gasteiger partial charge >= 0.3 is 7.82 Å². The van der Waals surface area contributed by atoms with Crippen molar-refractivity contribution in [2.24, 2.45) is 11.7 Å². The number of aryl methyl sites for hydroxylation is 1. The number of phosphoric ester groups is 1. The predicted octanol–water partition coefficient (Wildman–Crippen LogP) is 5.99. The van der Waals surface area contributed by atoms with Gasteiger partial charge in [-0.15, -0.1) is 0 Å². The Morgan fingerprint density at radius 1 is 1.02 bits per heavy atom. The maximum absolute atomic E-state index is 13.6. The van der Waals surface area contributed by atoms with Gasteiger partial charge in [-0.05, 0) is 54.9 Å². The Bertz CT molecular complexity index is 1500. The number of para-hydroxylation sites is 1. The van der Waals surface area contributed by atoms with E-state index in [2.05, 4.69) is 36.4 Å². The number of fused-ring (bicyclic) bond motifs is 1. The van der Waals surface area contributed by atoms with E-state index in [0.717, 1.165) is 22.3 Å². The molecule has 2 saturated carbocycles. The van der Waals surface area contributed by atoms with Crippen LogP contribution in [0, 0.1) is 5.92 Å². The zero-order chi connectivity index (χ0) is 29.5. The number of hydrogen-bond acceptors (Lipinski definition) is 7. The summed E-state index contributed by atoms with van der Waals surface area (Å²) in [5.41, 5.74) is 8.51. The minimum absolute atomic E-state index is 0.0427. The van der Waals surface area contributed by atoms with Gasteiger partial charge in [0.1, 0.15) is 0 Å². The van der Waals surface area contributed by atoms with E-state index < -0.39 is 24.9 Å². The summed E-state index contributed by atoms with van der Waals surface area (Å²) >= 11 is 0. The first-order valence-electron chi connectivity index (χ1n) is 14.7. The first-order valence-corrected chi connectivity index (χ1v) is 16.2. The Kier molecular flexibility index (Phi) is 7.79. The maximum Gasteiger partial charge on any atom is 0.472 e. The van der Waals surface area contributed by atoms with Gasteiger partial charge in [0, 0.05) is 23.9 Å².